The van der Waals surface area contributed by atoms with E-state index >= 15 is 0 Å². The van der Waals surface area contributed by atoms with Crippen LogP contribution in [0.3, 0.4) is 0 Å². The zero-order valence-corrected chi connectivity index (χ0v) is 11.3. The van der Waals surface area contributed by atoms with E-state index in [2.05, 4.69) is 27.0 Å². The zero-order chi connectivity index (χ0) is 13.2. The van der Waals surface area contributed by atoms with Gasteiger partial charge in [-0.15, -0.1) is 0 Å². The van der Waals surface area contributed by atoms with E-state index in [0.717, 1.165) is 39.0 Å². The molecule has 0 N–H and O–H groups in total. The topological polar surface area (TPSA) is 62.5 Å². The van der Waals surface area contributed by atoms with Crippen LogP contribution in [0.2, 0.25) is 0 Å². The third kappa shape index (κ3) is 2.78. The second-order valence-electron chi connectivity index (χ2n) is 5.54. The number of likely N-dealkylation sites (N-methyl/N-ethyl adjacent to an activating group) is 1. The SMILES string of the molecule is CN1CCN(c2noc(C3CCC(=O)CC3)n2)CC1. The van der Waals surface area contributed by atoms with Crippen LogP contribution in [0, 0.1) is 0 Å². The molecule has 19 heavy (non-hydrogen) atoms. The van der Waals surface area contributed by atoms with Gasteiger partial charge in [0.15, 0.2) is 0 Å². The van der Waals surface area contributed by atoms with E-state index in [1.165, 1.54) is 0 Å². The lowest BCUT2D eigenvalue weighted by atomic mass is 9.88. The summed E-state index contributed by atoms with van der Waals surface area (Å²) in [7, 11) is 2.12. The first-order valence-corrected chi connectivity index (χ1v) is 7.01. The fraction of sp³-hybridized carbons (Fsp3) is 0.769. The molecule has 1 aromatic rings. The smallest absolute Gasteiger partial charge is 0.266 e. The lowest BCUT2D eigenvalue weighted by Crippen LogP contribution is -2.44. The molecule has 0 spiro atoms. The van der Waals surface area contributed by atoms with E-state index in [1.807, 2.05) is 0 Å². The Labute approximate surface area is 112 Å². The highest BCUT2D eigenvalue weighted by molar-refractivity contribution is 5.79. The minimum Gasteiger partial charge on any atom is -0.337 e. The number of piperazine rings is 1. The summed E-state index contributed by atoms with van der Waals surface area (Å²) >= 11 is 0. The molecule has 2 heterocycles. The standard InChI is InChI=1S/C13H20N4O2/c1-16-6-8-17(9-7-16)13-14-12(19-15-13)10-2-4-11(18)5-3-10/h10H,2-9H2,1H3. The van der Waals surface area contributed by atoms with Gasteiger partial charge in [0.2, 0.25) is 5.89 Å². The van der Waals surface area contributed by atoms with Gasteiger partial charge in [0.05, 0.1) is 0 Å². The number of anilines is 1. The largest absolute Gasteiger partial charge is 0.337 e. The maximum atomic E-state index is 11.2. The number of Topliss-reactive ketones (excluding diaryl/α,β-unsaturated/α-hetero) is 1. The molecular weight excluding hydrogens is 244 g/mol. The third-order valence-electron chi connectivity index (χ3n) is 4.11. The number of nitrogens with zero attached hydrogens (tertiary/aromatic N) is 4. The predicted octanol–water partition coefficient (Wildman–Crippen LogP) is 1.05. The van der Waals surface area contributed by atoms with Crippen molar-refractivity contribution in [2.24, 2.45) is 0 Å². The van der Waals surface area contributed by atoms with Crippen LogP contribution in [0.15, 0.2) is 4.52 Å². The molecule has 0 unspecified atom stereocenters. The van der Waals surface area contributed by atoms with E-state index in [1.54, 1.807) is 0 Å². The Balaban J connectivity index is 1.64. The fourth-order valence-electron chi connectivity index (χ4n) is 2.71. The lowest BCUT2D eigenvalue weighted by Gasteiger charge is -2.31. The normalized spacial score (nSPS) is 23.0. The first-order valence-electron chi connectivity index (χ1n) is 7.01. The van der Waals surface area contributed by atoms with Gasteiger partial charge in [0, 0.05) is 44.9 Å². The van der Waals surface area contributed by atoms with Gasteiger partial charge in [-0.25, -0.2) is 0 Å². The molecule has 2 fully saturated rings. The van der Waals surface area contributed by atoms with Crippen molar-refractivity contribution in [1.29, 1.82) is 0 Å². The van der Waals surface area contributed by atoms with E-state index in [0.29, 0.717) is 30.5 Å². The van der Waals surface area contributed by atoms with Gasteiger partial charge < -0.3 is 14.3 Å². The maximum absolute atomic E-state index is 11.2. The van der Waals surface area contributed by atoms with Gasteiger partial charge in [0.25, 0.3) is 5.95 Å². The summed E-state index contributed by atoms with van der Waals surface area (Å²) < 4.78 is 5.39. The van der Waals surface area contributed by atoms with Crippen LogP contribution >= 0.6 is 0 Å². The Morgan fingerprint density at radius 3 is 2.53 bits per heavy atom. The molecule has 6 heteroatoms. The average Bonchev–Trinajstić information content (AvgIpc) is 2.90. The molecule has 0 aromatic carbocycles. The van der Waals surface area contributed by atoms with Crippen LogP contribution in [0.4, 0.5) is 5.95 Å². The Morgan fingerprint density at radius 1 is 1.16 bits per heavy atom. The fourth-order valence-corrected chi connectivity index (χ4v) is 2.71. The molecule has 0 bridgehead atoms. The highest BCUT2D eigenvalue weighted by Gasteiger charge is 2.26. The van der Waals surface area contributed by atoms with E-state index in [-0.39, 0.29) is 5.92 Å². The Kier molecular flexibility index (Phi) is 3.50. The van der Waals surface area contributed by atoms with Crippen LogP contribution in [0.25, 0.3) is 0 Å². The predicted molar refractivity (Wildman–Crippen MR) is 70.2 cm³/mol. The number of ketones is 1. The summed E-state index contributed by atoms with van der Waals surface area (Å²) in [6.07, 6.45) is 3.00. The number of rotatable bonds is 2. The average molecular weight is 264 g/mol. The van der Waals surface area contributed by atoms with E-state index < -0.39 is 0 Å². The first kappa shape index (κ1) is 12.6. The van der Waals surface area contributed by atoms with Crippen LogP contribution in [0.5, 0.6) is 0 Å². The Hall–Kier alpha value is -1.43. The van der Waals surface area contributed by atoms with Crippen LogP contribution < -0.4 is 4.90 Å². The summed E-state index contributed by atoms with van der Waals surface area (Å²) in [6, 6.07) is 0. The molecule has 3 rings (SSSR count). The van der Waals surface area contributed by atoms with Crippen molar-refractivity contribution in [1.82, 2.24) is 15.0 Å². The number of carbonyl (C=O) groups is 1. The van der Waals surface area contributed by atoms with Gasteiger partial charge in [-0.1, -0.05) is 0 Å². The van der Waals surface area contributed by atoms with Crippen molar-refractivity contribution < 1.29 is 9.32 Å². The monoisotopic (exact) mass is 264 g/mol. The van der Waals surface area contributed by atoms with Crippen molar-refractivity contribution >= 4 is 11.7 Å². The lowest BCUT2D eigenvalue weighted by molar-refractivity contribution is -0.120. The number of hydrogen-bond donors (Lipinski definition) is 0. The minimum atomic E-state index is 0.270. The molecule has 1 aliphatic carbocycles. The minimum absolute atomic E-state index is 0.270. The van der Waals surface area contributed by atoms with Gasteiger partial charge in [-0.05, 0) is 25.0 Å². The van der Waals surface area contributed by atoms with Crippen molar-refractivity contribution in [2.75, 3.05) is 38.1 Å². The second kappa shape index (κ2) is 5.28. The number of aromatic nitrogens is 2. The third-order valence-corrected chi connectivity index (χ3v) is 4.11. The summed E-state index contributed by atoms with van der Waals surface area (Å²) in [5, 5.41) is 4.10. The molecule has 1 aliphatic heterocycles. The highest BCUT2D eigenvalue weighted by atomic mass is 16.5. The molecule has 0 atom stereocenters. The van der Waals surface area contributed by atoms with Gasteiger partial charge in [0.1, 0.15) is 5.78 Å². The summed E-state index contributed by atoms with van der Waals surface area (Å²) in [6.45, 7) is 3.95. The summed E-state index contributed by atoms with van der Waals surface area (Å²) in [5.74, 6) is 2.04. The molecule has 1 aromatic heterocycles. The second-order valence-corrected chi connectivity index (χ2v) is 5.54. The van der Waals surface area contributed by atoms with Gasteiger partial charge in [-0.3, -0.25) is 4.79 Å². The Morgan fingerprint density at radius 2 is 1.84 bits per heavy atom. The molecule has 0 radical (unpaired) electrons. The highest BCUT2D eigenvalue weighted by Crippen LogP contribution is 2.31. The maximum Gasteiger partial charge on any atom is 0.266 e. The molecular formula is C13H20N4O2. The zero-order valence-electron chi connectivity index (χ0n) is 11.3. The number of hydrogen-bond acceptors (Lipinski definition) is 6. The van der Waals surface area contributed by atoms with Crippen LogP contribution in [0.1, 0.15) is 37.5 Å². The van der Waals surface area contributed by atoms with Crippen molar-refractivity contribution in [3.63, 3.8) is 0 Å². The van der Waals surface area contributed by atoms with Crippen LogP contribution in [-0.4, -0.2) is 54.1 Å². The summed E-state index contributed by atoms with van der Waals surface area (Å²) in [5.41, 5.74) is 0. The first-order chi connectivity index (χ1) is 9.22. The van der Waals surface area contributed by atoms with Crippen LogP contribution in [-0.2, 0) is 4.79 Å². The van der Waals surface area contributed by atoms with E-state index in [4.69, 9.17) is 4.52 Å². The van der Waals surface area contributed by atoms with Gasteiger partial charge in [-0.2, -0.15) is 4.98 Å². The van der Waals surface area contributed by atoms with Crippen molar-refractivity contribution in [3.05, 3.63) is 5.89 Å². The Bertz CT molecular complexity index is 441. The van der Waals surface area contributed by atoms with Gasteiger partial charge >= 0.3 is 0 Å². The molecule has 0 amide bonds. The molecule has 104 valence electrons. The van der Waals surface area contributed by atoms with Crippen molar-refractivity contribution in [3.8, 4) is 0 Å². The summed E-state index contributed by atoms with van der Waals surface area (Å²) in [4.78, 5) is 20.2. The van der Waals surface area contributed by atoms with Crippen molar-refractivity contribution in [2.45, 2.75) is 31.6 Å². The molecule has 1 saturated carbocycles. The number of carbonyl (C=O) groups excluding carboxylic acids is 1. The molecule has 6 nitrogen and oxygen atoms in total. The quantitative estimate of drug-likeness (QED) is 0.795. The van der Waals surface area contributed by atoms with E-state index in [9.17, 15) is 4.79 Å². The molecule has 2 aliphatic rings. The molecule has 1 saturated heterocycles.